The number of halogens is 1. The lowest BCUT2D eigenvalue weighted by Gasteiger charge is -2.59. The highest BCUT2D eigenvalue weighted by molar-refractivity contribution is 9.09. The predicted molar refractivity (Wildman–Crippen MR) is 91.9 cm³/mol. The van der Waals surface area contributed by atoms with E-state index in [9.17, 15) is 10.2 Å². The SMILES string of the molecule is C[C@]12CC=C(O)C[C@@H]1CC[C@@H]1[C@@H]2CC[C@]2(C)C(O)[C@@H](Br)C[C@@H]12. The molecular weight excluding hydrogens is 340 g/mol. The van der Waals surface area contributed by atoms with Crippen molar-refractivity contribution in [3.63, 3.8) is 0 Å². The monoisotopic (exact) mass is 368 g/mol. The number of rotatable bonds is 0. The fourth-order valence-corrected chi connectivity index (χ4v) is 7.81. The maximum absolute atomic E-state index is 10.7. The largest absolute Gasteiger partial charge is 0.513 e. The fraction of sp³-hybridized carbons (Fsp3) is 0.895. The molecule has 0 amide bonds. The van der Waals surface area contributed by atoms with Crippen LogP contribution in [0.1, 0.15) is 58.8 Å². The van der Waals surface area contributed by atoms with Crippen molar-refractivity contribution in [1.29, 1.82) is 0 Å². The molecule has 0 bridgehead atoms. The van der Waals surface area contributed by atoms with Gasteiger partial charge in [0, 0.05) is 11.2 Å². The van der Waals surface area contributed by atoms with Crippen LogP contribution in [-0.2, 0) is 0 Å². The van der Waals surface area contributed by atoms with Gasteiger partial charge in [-0.2, -0.15) is 0 Å². The molecule has 8 atom stereocenters. The summed E-state index contributed by atoms with van der Waals surface area (Å²) < 4.78 is 0. The number of aliphatic hydroxyl groups is 2. The van der Waals surface area contributed by atoms with Gasteiger partial charge in [0.25, 0.3) is 0 Å². The van der Waals surface area contributed by atoms with Gasteiger partial charge in [-0.05, 0) is 79.1 Å². The normalized spacial score (nSPS) is 57.5. The predicted octanol–water partition coefficient (Wildman–Crippen LogP) is 4.82. The maximum Gasteiger partial charge on any atom is 0.0886 e. The molecule has 0 radical (unpaired) electrons. The Hall–Kier alpha value is -0.0200. The van der Waals surface area contributed by atoms with Crippen molar-refractivity contribution in [2.75, 3.05) is 0 Å². The van der Waals surface area contributed by atoms with E-state index < -0.39 is 0 Å². The van der Waals surface area contributed by atoms with E-state index in [2.05, 4.69) is 35.9 Å². The Labute approximate surface area is 142 Å². The van der Waals surface area contributed by atoms with Gasteiger partial charge >= 0.3 is 0 Å². The van der Waals surface area contributed by atoms with Crippen molar-refractivity contribution in [3.05, 3.63) is 11.8 Å². The molecule has 4 aliphatic rings. The maximum atomic E-state index is 10.7. The van der Waals surface area contributed by atoms with E-state index in [1.807, 2.05) is 0 Å². The summed E-state index contributed by atoms with van der Waals surface area (Å²) in [5, 5.41) is 20.6. The van der Waals surface area contributed by atoms with Gasteiger partial charge in [0.2, 0.25) is 0 Å². The Morgan fingerprint density at radius 1 is 1.14 bits per heavy atom. The molecule has 3 heteroatoms. The minimum Gasteiger partial charge on any atom is -0.513 e. The molecule has 0 aliphatic heterocycles. The van der Waals surface area contributed by atoms with Crippen LogP contribution in [0.15, 0.2) is 11.8 Å². The van der Waals surface area contributed by atoms with Crippen LogP contribution in [0.3, 0.4) is 0 Å². The van der Waals surface area contributed by atoms with Crippen LogP contribution in [0, 0.1) is 34.5 Å². The summed E-state index contributed by atoms with van der Waals surface area (Å²) >= 11 is 3.74. The van der Waals surface area contributed by atoms with Gasteiger partial charge in [-0.25, -0.2) is 0 Å². The second-order valence-electron chi connectivity index (χ2n) is 9.00. The Kier molecular flexibility index (Phi) is 3.51. The van der Waals surface area contributed by atoms with E-state index >= 15 is 0 Å². The fourth-order valence-electron chi connectivity index (χ4n) is 6.81. The zero-order chi connectivity index (χ0) is 15.7. The lowest BCUT2D eigenvalue weighted by atomic mass is 9.46. The third kappa shape index (κ3) is 1.94. The first kappa shape index (κ1) is 15.5. The molecule has 0 aromatic heterocycles. The molecular formula is C19H29BrO2. The van der Waals surface area contributed by atoms with E-state index in [1.165, 1.54) is 25.7 Å². The minimum absolute atomic E-state index is 0.116. The smallest absolute Gasteiger partial charge is 0.0886 e. The molecule has 3 saturated carbocycles. The van der Waals surface area contributed by atoms with Gasteiger partial charge in [-0.15, -0.1) is 0 Å². The third-order valence-electron chi connectivity index (χ3n) is 8.23. The number of hydrogen-bond acceptors (Lipinski definition) is 2. The average molecular weight is 369 g/mol. The van der Waals surface area contributed by atoms with Crippen LogP contribution in [0.25, 0.3) is 0 Å². The highest BCUT2D eigenvalue weighted by Gasteiger charge is 2.61. The number of fused-ring (bicyclic) bond motifs is 5. The van der Waals surface area contributed by atoms with E-state index in [0.717, 1.165) is 31.1 Å². The van der Waals surface area contributed by atoms with Crippen LogP contribution >= 0.6 is 15.9 Å². The molecule has 2 nitrogen and oxygen atoms in total. The third-order valence-corrected chi connectivity index (χ3v) is 9.11. The van der Waals surface area contributed by atoms with Gasteiger partial charge in [0.05, 0.1) is 11.9 Å². The number of allylic oxidation sites excluding steroid dienone is 2. The first-order chi connectivity index (χ1) is 10.4. The summed E-state index contributed by atoms with van der Waals surface area (Å²) in [6.45, 7) is 4.82. The number of aliphatic hydroxyl groups excluding tert-OH is 2. The molecule has 22 heavy (non-hydrogen) atoms. The average Bonchev–Trinajstić information content (AvgIpc) is 2.72. The van der Waals surface area contributed by atoms with Crippen molar-refractivity contribution in [3.8, 4) is 0 Å². The Bertz CT molecular complexity index is 504. The second-order valence-corrected chi connectivity index (χ2v) is 10.2. The summed E-state index contributed by atoms with van der Waals surface area (Å²) in [4.78, 5) is 0.280. The Morgan fingerprint density at radius 2 is 1.91 bits per heavy atom. The summed E-state index contributed by atoms with van der Waals surface area (Å²) in [5.74, 6) is 3.50. The topological polar surface area (TPSA) is 40.5 Å². The van der Waals surface area contributed by atoms with E-state index in [-0.39, 0.29) is 16.3 Å². The first-order valence-corrected chi connectivity index (χ1v) is 9.98. The standard InChI is InChI=1S/C19H29BrO2/c1-18-7-5-12(21)9-11(18)3-4-13-14(18)6-8-19(2)15(13)10-16(20)17(19)22/h5,11,13-17,21-22H,3-4,6-10H2,1-2H3/t11-,13+,14-,15-,16-,17?,18-,19-/m0/s1. The van der Waals surface area contributed by atoms with E-state index in [1.54, 1.807) is 0 Å². The van der Waals surface area contributed by atoms with Crippen LogP contribution in [-0.4, -0.2) is 21.1 Å². The molecule has 4 rings (SSSR count). The van der Waals surface area contributed by atoms with Crippen LogP contribution in [0.5, 0.6) is 0 Å². The molecule has 4 aliphatic carbocycles. The Balaban J connectivity index is 1.66. The lowest BCUT2D eigenvalue weighted by Crippen LogP contribution is -2.53. The number of alkyl halides is 1. The van der Waals surface area contributed by atoms with E-state index in [4.69, 9.17) is 0 Å². The van der Waals surface area contributed by atoms with Crippen LogP contribution in [0.4, 0.5) is 0 Å². The van der Waals surface area contributed by atoms with Gasteiger partial charge < -0.3 is 10.2 Å². The van der Waals surface area contributed by atoms with Crippen LogP contribution < -0.4 is 0 Å². The molecule has 2 N–H and O–H groups in total. The summed E-state index contributed by atoms with van der Waals surface area (Å²) in [6.07, 6.45) is 9.97. The number of hydrogen-bond donors (Lipinski definition) is 2. The summed E-state index contributed by atoms with van der Waals surface area (Å²) in [5.41, 5.74) is 0.483. The summed E-state index contributed by atoms with van der Waals surface area (Å²) in [6, 6.07) is 0. The Morgan fingerprint density at radius 3 is 2.68 bits per heavy atom. The molecule has 3 fully saturated rings. The molecule has 124 valence electrons. The molecule has 1 unspecified atom stereocenters. The van der Waals surface area contributed by atoms with E-state index in [0.29, 0.717) is 23.0 Å². The highest BCUT2D eigenvalue weighted by Crippen LogP contribution is 2.66. The molecule has 0 saturated heterocycles. The first-order valence-electron chi connectivity index (χ1n) is 9.06. The zero-order valence-corrected chi connectivity index (χ0v) is 15.3. The van der Waals surface area contributed by atoms with Crippen molar-refractivity contribution in [2.45, 2.75) is 69.7 Å². The van der Waals surface area contributed by atoms with Gasteiger partial charge in [-0.3, -0.25) is 0 Å². The van der Waals surface area contributed by atoms with Crippen LogP contribution in [0.2, 0.25) is 0 Å². The van der Waals surface area contributed by atoms with Crippen molar-refractivity contribution < 1.29 is 10.2 Å². The van der Waals surface area contributed by atoms with Gasteiger partial charge in [-0.1, -0.05) is 29.8 Å². The van der Waals surface area contributed by atoms with Crippen molar-refractivity contribution >= 4 is 15.9 Å². The molecule has 0 aromatic carbocycles. The zero-order valence-electron chi connectivity index (χ0n) is 13.8. The van der Waals surface area contributed by atoms with Gasteiger partial charge in [0.1, 0.15) is 0 Å². The quantitative estimate of drug-likeness (QED) is 0.602. The lowest BCUT2D eigenvalue weighted by molar-refractivity contribution is -0.111. The van der Waals surface area contributed by atoms with Crippen molar-refractivity contribution in [2.24, 2.45) is 34.5 Å². The summed E-state index contributed by atoms with van der Waals surface area (Å²) in [7, 11) is 0. The second kappa shape index (κ2) is 4.99. The molecule has 0 spiro atoms. The molecule has 0 aromatic rings. The molecule has 0 heterocycles. The van der Waals surface area contributed by atoms with Crippen molar-refractivity contribution in [1.82, 2.24) is 0 Å². The highest BCUT2D eigenvalue weighted by atomic mass is 79.9. The minimum atomic E-state index is -0.181. The van der Waals surface area contributed by atoms with Gasteiger partial charge in [0.15, 0.2) is 0 Å².